The molecule has 4 heteroatoms. The molecule has 0 aromatic rings. The highest BCUT2D eigenvalue weighted by Gasteiger charge is 2.29. The molecule has 0 aliphatic carbocycles. The maximum atomic E-state index is 11.8. The van der Waals surface area contributed by atoms with Crippen molar-refractivity contribution >= 4 is 5.91 Å². The van der Waals surface area contributed by atoms with Crippen LogP contribution < -0.4 is 16.8 Å². The summed E-state index contributed by atoms with van der Waals surface area (Å²) in [6, 6.07) is 0. The molecule has 0 spiro atoms. The largest absolute Gasteiger partial charge is 0.353 e. The predicted octanol–water partition coefficient (Wildman–Crippen LogP) is 1.14. The summed E-state index contributed by atoms with van der Waals surface area (Å²) in [6.07, 6.45) is 3.28. The highest BCUT2D eigenvalue weighted by Crippen LogP contribution is 2.12. The lowest BCUT2D eigenvalue weighted by Gasteiger charge is -2.30. The molecule has 16 heavy (non-hydrogen) atoms. The molecule has 0 bridgehead atoms. The van der Waals surface area contributed by atoms with Gasteiger partial charge < -0.3 is 16.8 Å². The third kappa shape index (κ3) is 4.49. The average Bonchev–Trinajstić information content (AvgIpc) is 2.25. The van der Waals surface area contributed by atoms with E-state index in [4.69, 9.17) is 11.5 Å². The van der Waals surface area contributed by atoms with Crippen molar-refractivity contribution in [1.82, 2.24) is 5.32 Å². The summed E-state index contributed by atoms with van der Waals surface area (Å²) in [5.41, 5.74) is 10.9. The second-order valence-corrected chi connectivity index (χ2v) is 4.92. The van der Waals surface area contributed by atoms with Gasteiger partial charge in [-0.25, -0.2) is 0 Å². The van der Waals surface area contributed by atoms with E-state index in [-0.39, 0.29) is 11.4 Å². The van der Waals surface area contributed by atoms with Crippen molar-refractivity contribution < 1.29 is 4.79 Å². The fraction of sp³-hybridized carbons (Fsp3) is 0.917. The van der Waals surface area contributed by atoms with E-state index in [1.165, 1.54) is 0 Å². The van der Waals surface area contributed by atoms with Gasteiger partial charge in [-0.1, -0.05) is 27.2 Å². The number of carbonyl (C=O) groups excluding carboxylic acids is 1. The zero-order valence-corrected chi connectivity index (χ0v) is 11.1. The lowest BCUT2D eigenvalue weighted by atomic mass is 9.92. The van der Waals surface area contributed by atoms with Crippen molar-refractivity contribution in [3.8, 4) is 0 Å². The predicted molar refractivity (Wildman–Crippen MR) is 68.0 cm³/mol. The Bertz CT molecular complexity index is 222. The number of nitrogens with one attached hydrogen (secondary N) is 1. The van der Waals surface area contributed by atoms with Crippen LogP contribution in [-0.2, 0) is 4.79 Å². The molecule has 1 unspecified atom stereocenters. The van der Waals surface area contributed by atoms with E-state index in [0.29, 0.717) is 13.0 Å². The van der Waals surface area contributed by atoms with Gasteiger partial charge in [0.05, 0.1) is 5.54 Å². The van der Waals surface area contributed by atoms with Gasteiger partial charge in [0.25, 0.3) is 0 Å². The Hall–Kier alpha value is -0.610. The minimum atomic E-state index is -0.781. The van der Waals surface area contributed by atoms with Crippen LogP contribution in [0.3, 0.4) is 0 Å². The van der Waals surface area contributed by atoms with Crippen molar-refractivity contribution in [3.63, 3.8) is 0 Å². The Labute approximate surface area is 99.1 Å². The van der Waals surface area contributed by atoms with E-state index in [0.717, 1.165) is 19.3 Å². The second-order valence-electron chi connectivity index (χ2n) is 4.92. The second kappa shape index (κ2) is 6.21. The van der Waals surface area contributed by atoms with E-state index in [1.54, 1.807) is 6.92 Å². The lowest BCUT2D eigenvalue weighted by Crippen LogP contribution is -2.56. The summed E-state index contributed by atoms with van der Waals surface area (Å²) in [5, 5.41) is 2.86. The zero-order chi connectivity index (χ0) is 12.8. The molecule has 0 aromatic heterocycles. The molecule has 1 atom stereocenters. The van der Waals surface area contributed by atoms with E-state index in [9.17, 15) is 4.79 Å². The van der Waals surface area contributed by atoms with Crippen molar-refractivity contribution in [3.05, 3.63) is 0 Å². The molecule has 0 aromatic carbocycles. The zero-order valence-electron chi connectivity index (χ0n) is 11.1. The van der Waals surface area contributed by atoms with Crippen LogP contribution in [0.5, 0.6) is 0 Å². The molecule has 1 amide bonds. The first kappa shape index (κ1) is 15.4. The summed E-state index contributed by atoms with van der Waals surface area (Å²) in [7, 11) is 0. The van der Waals surface area contributed by atoms with Gasteiger partial charge in [0.1, 0.15) is 0 Å². The minimum Gasteiger partial charge on any atom is -0.353 e. The van der Waals surface area contributed by atoms with Crippen LogP contribution in [0.15, 0.2) is 0 Å². The number of hydrogen-bond donors (Lipinski definition) is 3. The van der Waals surface area contributed by atoms with Crippen LogP contribution in [0.4, 0.5) is 0 Å². The Morgan fingerprint density at radius 3 is 2.06 bits per heavy atom. The summed E-state index contributed by atoms with van der Waals surface area (Å²) >= 11 is 0. The number of nitrogens with two attached hydrogens (primary N) is 2. The molecule has 0 heterocycles. The van der Waals surface area contributed by atoms with Crippen molar-refractivity contribution in [2.75, 3.05) is 6.54 Å². The van der Waals surface area contributed by atoms with Gasteiger partial charge in [0.15, 0.2) is 0 Å². The molecular formula is C12H27N3O. The Kier molecular flexibility index (Phi) is 5.97. The van der Waals surface area contributed by atoms with Gasteiger partial charge in [-0.3, -0.25) is 4.79 Å². The Morgan fingerprint density at radius 2 is 1.69 bits per heavy atom. The van der Waals surface area contributed by atoms with Crippen molar-refractivity contribution in [2.45, 2.75) is 64.5 Å². The normalized spacial score (nSPS) is 15.6. The molecule has 5 N–H and O–H groups in total. The monoisotopic (exact) mass is 229 g/mol. The first-order valence-corrected chi connectivity index (χ1v) is 6.17. The highest BCUT2D eigenvalue weighted by atomic mass is 16.2. The van der Waals surface area contributed by atoms with Crippen LogP contribution in [-0.4, -0.2) is 23.5 Å². The standard InChI is InChI=1S/C12H27N3O/c1-5-8-11(4,13)10(16)15-9-12(14,6-2)7-3/h5-9,13-14H2,1-4H3,(H,15,16). The minimum absolute atomic E-state index is 0.105. The molecule has 0 aliphatic rings. The first-order valence-electron chi connectivity index (χ1n) is 6.17. The fourth-order valence-electron chi connectivity index (χ4n) is 1.59. The maximum absolute atomic E-state index is 11.8. The number of hydrogen-bond acceptors (Lipinski definition) is 3. The van der Waals surface area contributed by atoms with Gasteiger partial charge in [-0.15, -0.1) is 0 Å². The molecule has 96 valence electrons. The number of rotatable bonds is 7. The molecule has 0 fully saturated rings. The first-order chi connectivity index (χ1) is 7.31. The van der Waals surface area contributed by atoms with Crippen LogP contribution >= 0.6 is 0 Å². The van der Waals surface area contributed by atoms with Crippen LogP contribution in [0.2, 0.25) is 0 Å². The lowest BCUT2D eigenvalue weighted by molar-refractivity contribution is -0.126. The van der Waals surface area contributed by atoms with Gasteiger partial charge in [-0.2, -0.15) is 0 Å². The van der Waals surface area contributed by atoms with Gasteiger partial charge in [-0.05, 0) is 26.2 Å². The van der Waals surface area contributed by atoms with Crippen LogP contribution in [0.25, 0.3) is 0 Å². The van der Waals surface area contributed by atoms with Crippen LogP contribution in [0, 0.1) is 0 Å². The molecule has 0 radical (unpaired) electrons. The topological polar surface area (TPSA) is 81.1 Å². The molecule has 0 rings (SSSR count). The van der Waals surface area contributed by atoms with E-state index in [2.05, 4.69) is 5.32 Å². The third-order valence-electron chi connectivity index (χ3n) is 3.30. The fourth-order valence-corrected chi connectivity index (χ4v) is 1.59. The van der Waals surface area contributed by atoms with Crippen molar-refractivity contribution in [1.29, 1.82) is 0 Å². The molecule has 0 saturated heterocycles. The maximum Gasteiger partial charge on any atom is 0.239 e. The van der Waals surface area contributed by atoms with Crippen LogP contribution in [0.1, 0.15) is 53.4 Å². The van der Waals surface area contributed by atoms with Crippen molar-refractivity contribution in [2.24, 2.45) is 11.5 Å². The molecule has 0 aliphatic heterocycles. The van der Waals surface area contributed by atoms with Gasteiger partial charge in [0, 0.05) is 12.1 Å². The summed E-state index contributed by atoms with van der Waals surface area (Å²) in [5.74, 6) is -0.105. The van der Waals surface area contributed by atoms with Gasteiger partial charge >= 0.3 is 0 Å². The molecular weight excluding hydrogens is 202 g/mol. The van der Waals surface area contributed by atoms with E-state index < -0.39 is 5.54 Å². The smallest absolute Gasteiger partial charge is 0.239 e. The highest BCUT2D eigenvalue weighted by molar-refractivity contribution is 5.85. The third-order valence-corrected chi connectivity index (χ3v) is 3.30. The molecule has 4 nitrogen and oxygen atoms in total. The Balaban J connectivity index is 4.26. The average molecular weight is 229 g/mol. The Morgan fingerprint density at radius 1 is 1.19 bits per heavy atom. The SMILES string of the molecule is CCCC(C)(N)C(=O)NCC(N)(CC)CC. The van der Waals surface area contributed by atoms with Gasteiger partial charge in [0.2, 0.25) is 5.91 Å². The summed E-state index contributed by atoms with van der Waals surface area (Å²) in [4.78, 5) is 11.8. The number of amides is 1. The quantitative estimate of drug-likeness (QED) is 0.612. The molecule has 0 saturated carbocycles. The number of carbonyl (C=O) groups is 1. The van der Waals surface area contributed by atoms with E-state index in [1.807, 2.05) is 20.8 Å². The summed E-state index contributed by atoms with van der Waals surface area (Å²) < 4.78 is 0. The summed E-state index contributed by atoms with van der Waals surface area (Å²) in [6.45, 7) is 8.34. The van der Waals surface area contributed by atoms with E-state index >= 15 is 0 Å².